The summed E-state index contributed by atoms with van der Waals surface area (Å²) in [4.78, 5) is 40.6. The summed E-state index contributed by atoms with van der Waals surface area (Å²) in [6, 6.07) is 10.1. The van der Waals surface area contributed by atoms with E-state index in [0.717, 1.165) is 24.8 Å². The van der Waals surface area contributed by atoms with Gasteiger partial charge < -0.3 is 10.3 Å². The highest BCUT2D eigenvalue weighted by Gasteiger charge is 2.25. The van der Waals surface area contributed by atoms with Crippen molar-refractivity contribution in [1.82, 2.24) is 25.1 Å². The van der Waals surface area contributed by atoms with Crippen LogP contribution in [0.25, 0.3) is 0 Å². The Balaban J connectivity index is 1.42. The molecule has 0 radical (unpaired) electrons. The Morgan fingerprint density at radius 2 is 2.03 bits per heavy atom. The number of aromatic amines is 2. The van der Waals surface area contributed by atoms with Gasteiger partial charge in [0.15, 0.2) is 0 Å². The van der Waals surface area contributed by atoms with E-state index in [2.05, 4.69) is 32.5 Å². The van der Waals surface area contributed by atoms with Gasteiger partial charge in [0.25, 0.3) is 5.56 Å². The van der Waals surface area contributed by atoms with Crippen LogP contribution >= 0.6 is 0 Å². The summed E-state index contributed by atoms with van der Waals surface area (Å²) in [5.74, 6) is -0.117. The molecule has 1 amide bonds. The predicted octanol–water partition coefficient (Wildman–Crippen LogP) is 1.74. The molecule has 1 aliphatic rings. The SMILES string of the molecule is Cc1[nH]c(=O)[nH]c(=O)c1CCC(=O)NC1CCCc2c1cnn2Cc1ccccc1. The molecule has 0 bridgehead atoms. The van der Waals surface area contributed by atoms with E-state index in [0.29, 0.717) is 17.8 Å². The molecule has 30 heavy (non-hydrogen) atoms. The zero-order chi connectivity index (χ0) is 21.1. The molecule has 4 rings (SSSR count). The minimum Gasteiger partial charge on any atom is -0.349 e. The van der Waals surface area contributed by atoms with E-state index in [1.807, 2.05) is 29.1 Å². The van der Waals surface area contributed by atoms with E-state index in [-0.39, 0.29) is 24.8 Å². The Morgan fingerprint density at radius 1 is 1.23 bits per heavy atom. The van der Waals surface area contributed by atoms with Crippen LogP contribution in [0.15, 0.2) is 46.1 Å². The number of aryl methyl sites for hydroxylation is 1. The van der Waals surface area contributed by atoms with Gasteiger partial charge in [-0.15, -0.1) is 0 Å². The lowest BCUT2D eigenvalue weighted by atomic mass is 9.92. The van der Waals surface area contributed by atoms with Crippen LogP contribution in [-0.4, -0.2) is 25.7 Å². The number of nitrogens with zero attached hydrogens (tertiary/aromatic N) is 2. The standard InChI is InChI=1S/C22H25N5O3/c1-14-16(21(29)26-22(30)24-14)10-11-20(28)25-18-8-5-9-19-17(18)12-23-27(19)13-15-6-3-2-4-7-15/h2-4,6-7,12,18H,5,8-11,13H2,1H3,(H,25,28)(H2,24,26,29,30). The van der Waals surface area contributed by atoms with Crippen molar-refractivity contribution in [2.75, 3.05) is 0 Å². The van der Waals surface area contributed by atoms with Crippen LogP contribution in [-0.2, 0) is 24.2 Å². The lowest BCUT2D eigenvalue weighted by molar-refractivity contribution is -0.121. The Kier molecular flexibility index (Phi) is 5.65. The largest absolute Gasteiger partial charge is 0.349 e. The van der Waals surface area contributed by atoms with Gasteiger partial charge in [0.2, 0.25) is 5.91 Å². The molecule has 1 atom stereocenters. The molecule has 3 aromatic rings. The van der Waals surface area contributed by atoms with Crippen LogP contribution < -0.4 is 16.6 Å². The highest BCUT2D eigenvalue weighted by molar-refractivity contribution is 5.76. The van der Waals surface area contributed by atoms with Crippen molar-refractivity contribution in [2.45, 2.75) is 51.6 Å². The van der Waals surface area contributed by atoms with Gasteiger partial charge in [-0.3, -0.25) is 19.3 Å². The van der Waals surface area contributed by atoms with Gasteiger partial charge in [-0.2, -0.15) is 5.10 Å². The second kappa shape index (κ2) is 8.52. The van der Waals surface area contributed by atoms with Gasteiger partial charge in [0.1, 0.15) is 0 Å². The number of H-pyrrole nitrogens is 2. The maximum atomic E-state index is 12.6. The van der Waals surface area contributed by atoms with Crippen LogP contribution in [0.1, 0.15) is 53.4 Å². The molecule has 8 nitrogen and oxygen atoms in total. The highest BCUT2D eigenvalue weighted by Crippen LogP contribution is 2.30. The monoisotopic (exact) mass is 407 g/mol. The minimum absolute atomic E-state index is 0.0688. The molecular formula is C22H25N5O3. The van der Waals surface area contributed by atoms with E-state index < -0.39 is 11.2 Å². The summed E-state index contributed by atoms with van der Waals surface area (Å²) in [6.45, 7) is 2.38. The third-order valence-electron chi connectivity index (χ3n) is 5.63. The van der Waals surface area contributed by atoms with E-state index in [4.69, 9.17) is 0 Å². The predicted molar refractivity (Wildman–Crippen MR) is 112 cm³/mol. The van der Waals surface area contributed by atoms with Crippen molar-refractivity contribution < 1.29 is 4.79 Å². The molecule has 0 saturated heterocycles. The normalized spacial score (nSPS) is 15.6. The van der Waals surface area contributed by atoms with Crippen molar-refractivity contribution in [3.8, 4) is 0 Å². The fraction of sp³-hybridized carbons (Fsp3) is 0.364. The number of nitrogens with one attached hydrogen (secondary N) is 3. The average molecular weight is 407 g/mol. The number of amides is 1. The Hall–Kier alpha value is -3.42. The molecule has 0 saturated carbocycles. The first kappa shape index (κ1) is 19.9. The molecule has 0 aliphatic heterocycles. The van der Waals surface area contributed by atoms with E-state index in [1.54, 1.807) is 6.92 Å². The first-order chi connectivity index (χ1) is 14.5. The molecule has 8 heteroatoms. The molecular weight excluding hydrogens is 382 g/mol. The van der Waals surface area contributed by atoms with Crippen LogP contribution in [0, 0.1) is 6.92 Å². The number of hydrogen-bond donors (Lipinski definition) is 3. The molecule has 2 heterocycles. The number of fused-ring (bicyclic) bond motifs is 1. The summed E-state index contributed by atoms with van der Waals surface area (Å²) in [5.41, 5.74) is 3.39. The fourth-order valence-electron chi connectivity index (χ4n) is 4.09. The van der Waals surface area contributed by atoms with Gasteiger partial charge in [0, 0.05) is 28.9 Å². The van der Waals surface area contributed by atoms with Crippen molar-refractivity contribution >= 4 is 5.91 Å². The molecule has 0 fully saturated rings. The second-order valence-electron chi connectivity index (χ2n) is 7.71. The fourth-order valence-corrected chi connectivity index (χ4v) is 4.09. The molecule has 1 aliphatic carbocycles. The quantitative estimate of drug-likeness (QED) is 0.578. The molecule has 1 aromatic carbocycles. The summed E-state index contributed by atoms with van der Waals surface area (Å²) in [6.07, 6.45) is 5.11. The maximum absolute atomic E-state index is 12.6. The lowest BCUT2D eigenvalue weighted by Crippen LogP contribution is -2.32. The average Bonchev–Trinajstić information content (AvgIpc) is 3.12. The first-order valence-corrected chi connectivity index (χ1v) is 10.2. The van der Waals surface area contributed by atoms with Crippen molar-refractivity contribution in [1.29, 1.82) is 0 Å². The van der Waals surface area contributed by atoms with Crippen LogP contribution in [0.5, 0.6) is 0 Å². The third kappa shape index (κ3) is 4.27. The Morgan fingerprint density at radius 3 is 2.80 bits per heavy atom. The minimum atomic E-state index is -0.534. The summed E-state index contributed by atoms with van der Waals surface area (Å²) in [7, 11) is 0. The van der Waals surface area contributed by atoms with Crippen LogP contribution in [0.4, 0.5) is 0 Å². The number of carbonyl (C=O) groups is 1. The number of benzene rings is 1. The third-order valence-corrected chi connectivity index (χ3v) is 5.63. The molecule has 1 unspecified atom stereocenters. The van der Waals surface area contributed by atoms with Gasteiger partial charge in [-0.05, 0) is 38.2 Å². The Bertz CT molecular complexity index is 1160. The van der Waals surface area contributed by atoms with Crippen molar-refractivity contribution in [2.24, 2.45) is 0 Å². The van der Waals surface area contributed by atoms with E-state index >= 15 is 0 Å². The topological polar surface area (TPSA) is 113 Å². The first-order valence-electron chi connectivity index (χ1n) is 10.2. The van der Waals surface area contributed by atoms with Gasteiger partial charge in [-0.25, -0.2) is 4.79 Å². The van der Waals surface area contributed by atoms with Gasteiger partial charge in [-0.1, -0.05) is 30.3 Å². The van der Waals surface area contributed by atoms with Crippen LogP contribution in [0.2, 0.25) is 0 Å². The number of carbonyl (C=O) groups excluding carboxylic acids is 1. The molecule has 2 aromatic heterocycles. The van der Waals surface area contributed by atoms with Gasteiger partial charge in [0.05, 0.1) is 18.8 Å². The number of aromatic nitrogens is 4. The van der Waals surface area contributed by atoms with Crippen molar-refractivity contribution in [3.05, 3.63) is 85.4 Å². The maximum Gasteiger partial charge on any atom is 0.325 e. The highest BCUT2D eigenvalue weighted by atomic mass is 16.2. The molecule has 156 valence electrons. The smallest absolute Gasteiger partial charge is 0.325 e. The van der Waals surface area contributed by atoms with Crippen molar-refractivity contribution in [3.63, 3.8) is 0 Å². The second-order valence-corrected chi connectivity index (χ2v) is 7.71. The van der Waals surface area contributed by atoms with E-state index in [1.165, 1.54) is 11.3 Å². The summed E-state index contributed by atoms with van der Waals surface area (Å²) >= 11 is 0. The lowest BCUT2D eigenvalue weighted by Gasteiger charge is -2.24. The van der Waals surface area contributed by atoms with E-state index in [9.17, 15) is 14.4 Å². The number of rotatable bonds is 6. The van der Waals surface area contributed by atoms with Gasteiger partial charge >= 0.3 is 5.69 Å². The summed E-state index contributed by atoms with van der Waals surface area (Å²) < 4.78 is 2.02. The zero-order valence-corrected chi connectivity index (χ0v) is 16.9. The zero-order valence-electron chi connectivity index (χ0n) is 16.9. The molecule has 0 spiro atoms. The van der Waals surface area contributed by atoms with Crippen LogP contribution in [0.3, 0.4) is 0 Å². The number of hydrogen-bond acceptors (Lipinski definition) is 4. The molecule has 3 N–H and O–H groups in total. The summed E-state index contributed by atoms with van der Waals surface area (Å²) in [5, 5.41) is 7.66. The Labute approximate surface area is 173 Å².